The highest BCUT2D eigenvalue weighted by Crippen LogP contribution is 2.30. The van der Waals surface area contributed by atoms with Gasteiger partial charge in [0, 0.05) is 11.0 Å². The summed E-state index contributed by atoms with van der Waals surface area (Å²) < 4.78 is 6.91. The number of rotatable bonds is 7. The zero-order chi connectivity index (χ0) is 17.4. The minimum absolute atomic E-state index is 0.261. The molecule has 0 saturated carbocycles. The molecule has 2 aromatic carbocycles. The smallest absolute Gasteiger partial charge is 0.404 e. The van der Waals surface area contributed by atoms with Crippen molar-refractivity contribution in [1.29, 1.82) is 5.26 Å². The number of halogens is 1. The third-order valence-corrected chi connectivity index (χ3v) is 3.92. The Hall–Kier alpha value is -2.52. The lowest BCUT2D eigenvalue weighted by molar-refractivity contribution is 0.183. The molecule has 0 fully saturated rings. The Bertz CT molecular complexity index is 729. The van der Waals surface area contributed by atoms with Gasteiger partial charge >= 0.3 is 6.09 Å². The first kappa shape index (κ1) is 17.8. The van der Waals surface area contributed by atoms with Crippen LogP contribution in [0.3, 0.4) is 0 Å². The maximum Gasteiger partial charge on any atom is 0.404 e. The van der Waals surface area contributed by atoms with Crippen molar-refractivity contribution in [2.75, 3.05) is 6.54 Å². The SMILES string of the molecule is N#Cc1ccc(Br)cc1O[C@H](CCCNC(=O)O)c1ccccc1. The lowest BCUT2D eigenvalue weighted by atomic mass is 10.0. The summed E-state index contributed by atoms with van der Waals surface area (Å²) >= 11 is 3.39. The highest BCUT2D eigenvalue weighted by molar-refractivity contribution is 9.10. The van der Waals surface area contributed by atoms with Gasteiger partial charge in [0.1, 0.15) is 17.9 Å². The van der Waals surface area contributed by atoms with Gasteiger partial charge in [0.25, 0.3) is 0 Å². The van der Waals surface area contributed by atoms with E-state index < -0.39 is 6.09 Å². The van der Waals surface area contributed by atoms with Crippen LogP contribution in [0.15, 0.2) is 53.0 Å². The standard InChI is InChI=1S/C18H17BrN2O3/c19-15-9-8-14(12-20)17(11-15)24-16(7-4-10-21-18(22)23)13-5-2-1-3-6-13/h1-3,5-6,8-9,11,16,21H,4,7,10H2,(H,22,23)/t16-/m1/s1. The molecule has 0 aliphatic heterocycles. The summed E-state index contributed by atoms with van der Waals surface area (Å²) in [6.45, 7) is 0.353. The number of nitrogens with zero attached hydrogens (tertiary/aromatic N) is 1. The molecule has 0 spiro atoms. The fourth-order valence-electron chi connectivity index (χ4n) is 2.28. The second kappa shape index (κ2) is 8.94. The van der Waals surface area contributed by atoms with Crippen LogP contribution in [-0.2, 0) is 0 Å². The summed E-state index contributed by atoms with van der Waals surface area (Å²) in [6, 6.07) is 17.1. The largest absolute Gasteiger partial charge is 0.484 e. The van der Waals surface area contributed by atoms with Crippen molar-refractivity contribution in [2.45, 2.75) is 18.9 Å². The van der Waals surface area contributed by atoms with Crippen LogP contribution >= 0.6 is 15.9 Å². The Morgan fingerprint density at radius 1 is 1.29 bits per heavy atom. The second-order valence-corrected chi connectivity index (χ2v) is 6.06. The normalized spacial score (nSPS) is 11.3. The van der Waals surface area contributed by atoms with Gasteiger partial charge in [-0.3, -0.25) is 0 Å². The van der Waals surface area contributed by atoms with Gasteiger partial charge < -0.3 is 15.2 Å². The maximum atomic E-state index is 10.5. The molecule has 0 saturated heterocycles. The first-order chi connectivity index (χ1) is 11.6. The minimum Gasteiger partial charge on any atom is -0.484 e. The summed E-state index contributed by atoms with van der Waals surface area (Å²) in [5, 5.41) is 20.2. The number of carboxylic acid groups (broad SMARTS) is 1. The minimum atomic E-state index is -1.04. The molecular formula is C18H17BrN2O3. The summed E-state index contributed by atoms with van der Waals surface area (Å²) in [6.07, 6.45) is -0.0437. The van der Waals surface area contributed by atoms with Gasteiger partial charge in [-0.05, 0) is 36.6 Å². The van der Waals surface area contributed by atoms with E-state index >= 15 is 0 Å². The van der Waals surface area contributed by atoms with Gasteiger partial charge in [0.2, 0.25) is 0 Å². The highest BCUT2D eigenvalue weighted by atomic mass is 79.9. The van der Waals surface area contributed by atoms with E-state index in [1.54, 1.807) is 18.2 Å². The Labute approximate surface area is 149 Å². The van der Waals surface area contributed by atoms with E-state index in [4.69, 9.17) is 9.84 Å². The van der Waals surface area contributed by atoms with E-state index in [0.717, 1.165) is 10.0 Å². The molecule has 2 rings (SSSR count). The molecule has 1 amide bonds. The summed E-state index contributed by atoms with van der Waals surface area (Å²) in [7, 11) is 0. The lowest BCUT2D eigenvalue weighted by Crippen LogP contribution is -2.22. The van der Waals surface area contributed by atoms with E-state index in [2.05, 4.69) is 27.3 Å². The molecule has 6 heteroatoms. The van der Waals surface area contributed by atoms with Crippen molar-refractivity contribution in [3.05, 3.63) is 64.1 Å². The number of ether oxygens (including phenoxy) is 1. The topological polar surface area (TPSA) is 82.3 Å². The van der Waals surface area contributed by atoms with E-state index in [1.807, 2.05) is 30.3 Å². The van der Waals surface area contributed by atoms with Crippen LogP contribution in [0.5, 0.6) is 5.75 Å². The number of hydrogen-bond acceptors (Lipinski definition) is 3. The van der Waals surface area contributed by atoms with Crippen molar-refractivity contribution in [1.82, 2.24) is 5.32 Å². The number of benzene rings is 2. The highest BCUT2D eigenvalue weighted by Gasteiger charge is 2.16. The fourth-order valence-corrected chi connectivity index (χ4v) is 2.62. The van der Waals surface area contributed by atoms with Gasteiger partial charge in [-0.1, -0.05) is 46.3 Å². The Morgan fingerprint density at radius 2 is 2.04 bits per heavy atom. The van der Waals surface area contributed by atoms with Crippen molar-refractivity contribution in [3.63, 3.8) is 0 Å². The van der Waals surface area contributed by atoms with E-state index in [1.165, 1.54) is 0 Å². The van der Waals surface area contributed by atoms with Crippen LogP contribution in [0.4, 0.5) is 4.79 Å². The molecule has 5 nitrogen and oxygen atoms in total. The van der Waals surface area contributed by atoms with E-state index in [9.17, 15) is 10.1 Å². The molecule has 0 aliphatic rings. The molecule has 2 N–H and O–H groups in total. The van der Waals surface area contributed by atoms with Crippen LogP contribution in [0.25, 0.3) is 0 Å². The molecule has 0 unspecified atom stereocenters. The van der Waals surface area contributed by atoms with Crippen LogP contribution in [0.1, 0.15) is 30.1 Å². The zero-order valence-electron chi connectivity index (χ0n) is 12.9. The van der Waals surface area contributed by atoms with Crippen LogP contribution in [0.2, 0.25) is 0 Å². The molecule has 0 aromatic heterocycles. The second-order valence-electron chi connectivity index (χ2n) is 5.14. The van der Waals surface area contributed by atoms with Gasteiger partial charge in [-0.15, -0.1) is 0 Å². The number of carbonyl (C=O) groups is 1. The van der Waals surface area contributed by atoms with Crippen molar-refractivity contribution < 1.29 is 14.6 Å². The molecule has 1 atom stereocenters. The van der Waals surface area contributed by atoms with Gasteiger partial charge in [0.15, 0.2) is 0 Å². The Balaban J connectivity index is 2.16. The molecule has 0 heterocycles. The zero-order valence-corrected chi connectivity index (χ0v) is 14.5. The quantitative estimate of drug-likeness (QED) is 0.684. The predicted molar refractivity (Wildman–Crippen MR) is 93.9 cm³/mol. The van der Waals surface area contributed by atoms with Crippen LogP contribution < -0.4 is 10.1 Å². The van der Waals surface area contributed by atoms with Crippen molar-refractivity contribution in [3.8, 4) is 11.8 Å². The summed E-state index contributed by atoms with van der Waals surface area (Å²) in [5.41, 5.74) is 1.44. The Kier molecular flexibility index (Phi) is 6.64. The van der Waals surface area contributed by atoms with Crippen LogP contribution in [0, 0.1) is 11.3 Å². The lowest BCUT2D eigenvalue weighted by Gasteiger charge is -2.20. The van der Waals surface area contributed by atoms with Gasteiger partial charge in [-0.2, -0.15) is 5.26 Å². The summed E-state index contributed by atoms with van der Waals surface area (Å²) in [5.74, 6) is 0.506. The molecule has 0 bridgehead atoms. The number of nitrogens with one attached hydrogen (secondary N) is 1. The summed E-state index contributed by atoms with van der Waals surface area (Å²) in [4.78, 5) is 10.5. The van der Waals surface area contributed by atoms with E-state index in [-0.39, 0.29) is 6.10 Å². The first-order valence-corrected chi connectivity index (χ1v) is 8.27. The Morgan fingerprint density at radius 3 is 2.71 bits per heavy atom. The van der Waals surface area contributed by atoms with Gasteiger partial charge in [-0.25, -0.2) is 4.79 Å². The average Bonchev–Trinajstić information content (AvgIpc) is 2.58. The molecule has 2 aromatic rings. The van der Waals surface area contributed by atoms with Crippen molar-refractivity contribution in [2.24, 2.45) is 0 Å². The van der Waals surface area contributed by atoms with Crippen LogP contribution in [-0.4, -0.2) is 17.7 Å². The third kappa shape index (κ3) is 5.28. The predicted octanol–water partition coefficient (Wildman–Crippen LogP) is 4.49. The fraction of sp³-hybridized carbons (Fsp3) is 0.222. The van der Waals surface area contributed by atoms with Gasteiger partial charge in [0.05, 0.1) is 5.56 Å². The molecule has 0 aliphatic carbocycles. The van der Waals surface area contributed by atoms with E-state index in [0.29, 0.717) is 30.7 Å². The number of amides is 1. The average molecular weight is 389 g/mol. The molecular weight excluding hydrogens is 372 g/mol. The molecule has 24 heavy (non-hydrogen) atoms. The monoisotopic (exact) mass is 388 g/mol. The third-order valence-electron chi connectivity index (χ3n) is 3.42. The van der Waals surface area contributed by atoms with Crippen molar-refractivity contribution >= 4 is 22.0 Å². The molecule has 124 valence electrons. The molecule has 0 radical (unpaired) electrons. The maximum absolute atomic E-state index is 10.5. The number of hydrogen-bond donors (Lipinski definition) is 2. The number of nitriles is 1. The first-order valence-electron chi connectivity index (χ1n) is 7.48.